The molecule has 1 N–H and O–H groups in total. The zero-order chi connectivity index (χ0) is 10.4. The molecule has 5 heteroatoms. The summed E-state index contributed by atoms with van der Waals surface area (Å²) in [6.07, 6.45) is 0. The highest BCUT2D eigenvalue weighted by atomic mass is 79.9. The monoisotopic (exact) mass is 277 g/mol. The van der Waals surface area contributed by atoms with Gasteiger partial charge in [-0.2, -0.15) is 11.3 Å². The SMILES string of the molecule is COCC(CBr)NC(=O)c1ccsc1. The number of hydrogen-bond donors (Lipinski definition) is 1. The topological polar surface area (TPSA) is 38.3 Å². The summed E-state index contributed by atoms with van der Waals surface area (Å²) in [5.41, 5.74) is 0.706. The van der Waals surface area contributed by atoms with Gasteiger partial charge in [-0.05, 0) is 11.4 Å². The van der Waals surface area contributed by atoms with Crippen LogP contribution in [0.2, 0.25) is 0 Å². The molecule has 1 aromatic rings. The molecular formula is C9H12BrNO2S. The number of carbonyl (C=O) groups is 1. The maximum atomic E-state index is 11.6. The Balaban J connectivity index is 2.47. The average Bonchev–Trinajstić information content (AvgIpc) is 2.69. The number of amides is 1. The highest BCUT2D eigenvalue weighted by molar-refractivity contribution is 9.09. The van der Waals surface area contributed by atoms with E-state index in [-0.39, 0.29) is 11.9 Å². The Hall–Kier alpha value is -0.390. The molecule has 0 aliphatic heterocycles. The van der Waals surface area contributed by atoms with Crippen molar-refractivity contribution < 1.29 is 9.53 Å². The van der Waals surface area contributed by atoms with E-state index < -0.39 is 0 Å². The van der Waals surface area contributed by atoms with E-state index in [1.165, 1.54) is 11.3 Å². The number of halogens is 1. The molecule has 1 amide bonds. The van der Waals surface area contributed by atoms with Crippen LogP contribution < -0.4 is 5.32 Å². The van der Waals surface area contributed by atoms with E-state index >= 15 is 0 Å². The van der Waals surface area contributed by atoms with Crippen LogP contribution in [0.3, 0.4) is 0 Å². The minimum Gasteiger partial charge on any atom is -0.383 e. The Morgan fingerprint density at radius 2 is 2.57 bits per heavy atom. The summed E-state index contributed by atoms with van der Waals surface area (Å²) in [6, 6.07) is 1.82. The van der Waals surface area contributed by atoms with E-state index in [0.717, 1.165) is 0 Å². The van der Waals surface area contributed by atoms with Crippen LogP contribution in [0.1, 0.15) is 10.4 Å². The van der Waals surface area contributed by atoms with Crippen LogP contribution in [0.25, 0.3) is 0 Å². The molecule has 0 spiro atoms. The lowest BCUT2D eigenvalue weighted by Gasteiger charge is -2.14. The van der Waals surface area contributed by atoms with Gasteiger partial charge in [0.25, 0.3) is 5.91 Å². The lowest BCUT2D eigenvalue weighted by atomic mass is 10.3. The fraction of sp³-hybridized carbons (Fsp3) is 0.444. The molecule has 1 unspecified atom stereocenters. The minimum atomic E-state index is -0.0484. The number of rotatable bonds is 5. The zero-order valence-corrected chi connectivity index (χ0v) is 10.2. The smallest absolute Gasteiger partial charge is 0.252 e. The molecule has 0 aliphatic rings. The van der Waals surface area contributed by atoms with Crippen molar-refractivity contribution >= 4 is 33.2 Å². The summed E-state index contributed by atoms with van der Waals surface area (Å²) in [7, 11) is 1.62. The van der Waals surface area contributed by atoms with Crippen molar-refractivity contribution in [1.82, 2.24) is 5.32 Å². The van der Waals surface area contributed by atoms with E-state index in [0.29, 0.717) is 17.5 Å². The number of thiophene rings is 1. The molecule has 78 valence electrons. The highest BCUT2D eigenvalue weighted by Gasteiger charge is 2.12. The average molecular weight is 278 g/mol. The summed E-state index contributed by atoms with van der Waals surface area (Å²) < 4.78 is 4.97. The second kappa shape index (κ2) is 6.16. The molecule has 1 aromatic heterocycles. The molecule has 0 saturated carbocycles. The molecule has 14 heavy (non-hydrogen) atoms. The second-order valence-corrected chi connectivity index (χ2v) is 4.22. The van der Waals surface area contributed by atoms with Crippen molar-refractivity contribution in [2.24, 2.45) is 0 Å². The van der Waals surface area contributed by atoms with Crippen molar-refractivity contribution in [2.45, 2.75) is 6.04 Å². The molecule has 1 rings (SSSR count). The normalized spacial score (nSPS) is 12.4. The van der Waals surface area contributed by atoms with Gasteiger partial charge < -0.3 is 10.1 Å². The quantitative estimate of drug-likeness (QED) is 0.835. The molecule has 1 heterocycles. The molecule has 1 atom stereocenters. The minimum absolute atomic E-state index is 0.0207. The number of nitrogens with one attached hydrogen (secondary N) is 1. The molecule has 0 saturated heterocycles. The van der Waals surface area contributed by atoms with Gasteiger partial charge >= 0.3 is 0 Å². The first-order valence-corrected chi connectivity index (χ1v) is 6.22. The van der Waals surface area contributed by atoms with E-state index in [2.05, 4.69) is 21.2 Å². The Bertz CT molecular complexity index is 276. The molecule has 0 aromatic carbocycles. The Kier molecular flexibility index (Phi) is 5.14. The summed E-state index contributed by atoms with van der Waals surface area (Å²) in [5.74, 6) is -0.0484. The van der Waals surface area contributed by atoms with Gasteiger partial charge in [0.1, 0.15) is 0 Å². The van der Waals surface area contributed by atoms with Gasteiger partial charge in [-0.1, -0.05) is 15.9 Å². The third-order valence-electron chi connectivity index (χ3n) is 1.67. The number of alkyl halides is 1. The van der Waals surface area contributed by atoms with Crippen molar-refractivity contribution in [1.29, 1.82) is 0 Å². The van der Waals surface area contributed by atoms with Gasteiger partial charge in [0.2, 0.25) is 0 Å². The molecule has 0 aliphatic carbocycles. The molecule has 0 bridgehead atoms. The first-order chi connectivity index (χ1) is 6.77. The Labute approximate surface area is 95.6 Å². The van der Waals surface area contributed by atoms with E-state index in [1.807, 2.05) is 10.8 Å². The van der Waals surface area contributed by atoms with Crippen LogP contribution in [0.15, 0.2) is 16.8 Å². The fourth-order valence-electron chi connectivity index (χ4n) is 0.988. The van der Waals surface area contributed by atoms with Crippen LogP contribution in [-0.4, -0.2) is 31.0 Å². The maximum absolute atomic E-state index is 11.6. The third-order valence-corrected chi connectivity index (χ3v) is 3.14. The molecule has 0 fully saturated rings. The van der Waals surface area contributed by atoms with Gasteiger partial charge in [0, 0.05) is 23.4 Å². The highest BCUT2D eigenvalue weighted by Crippen LogP contribution is 2.06. The van der Waals surface area contributed by atoms with Crippen molar-refractivity contribution in [3.05, 3.63) is 22.4 Å². The largest absolute Gasteiger partial charge is 0.383 e. The van der Waals surface area contributed by atoms with Crippen molar-refractivity contribution in [2.75, 3.05) is 19.0 Å². The van der Waals surface area contributed by atoms with Gasteiger partial charge in [-0.15, -0.1) is 0 Å². The molecule has 0 radical (unpaired) electrons. The van der Waals surface area contributed by atoms with Crippen LogP contribution in [0.4, 0.5) is 0 Å². The second-order valence-electron chi connectivity index (χ2n) is 2.79. The summed E-state index contributed by atoms with van der Waals surface area (Å²) >= 11 is 4.83. The number of methoxy groups -OCH3 is 1. The van der Waals surface area contributed by atoms with Crippen molar-refractivity contribution in [3.63, 3.8) is 0 Å². The maximum Gasteiger partial charge on any atom is 0.252 e. The van der Waals surface area contributed by atoms with Gasteiger partial charge in [0.05, 0.1) is 12.6 Å². The summed E-state index contributed by atoms with van der Waals surface area (Å²) in [6.45, 7) is 0.515. The van der Waals surface area contributed by atoms with E-state index in [1.54, 1.807) is 13.2 Å². The van der Waals surface area contributed by atoms with Crippen LogP contribution in [0, 0.1) is 0 Å². The van der Waals surface area contributed by atoms with E-state index in [4.69, 9.17) is 4.74 Å². The first-order valence-electron chi connectivity index (χ1n) is 4.16. The van der Waals surface area contributed by atoms with Crippen LogP contribution in [-0.2, 0) is 4.74 Å². The predicted octanol–water partition coefficient (Wildman–Crippen LogP) is 1.89. The fourth-order valence-corrected chi connectivity index (χ4v) is 1.97. The number of ether oxygens (including phenoxy) is 1. The molecule has 3 nitrogen and oxygen atoms in total. The lowest BCUT2D eigenvalue weighted by Crippen LogP contribution is -2.39. The van der Waals surface area contributed by atoms with Gasteiger partial charge in [-0.25, -0.2) is 0 Å². The summed E-state index contributed by atoms with van der Waals surface area (Å²) in [4.78, 5) is 11.6. The third kappa shape index (κ3) is 3.40. The van der Waals surface area contributed by atoms with Gasteiger partial charge in [0.15, 0.2) is 0 Å². The Morgan fingerprint density at radius 3 is 3.07 bits per heavy atom. The Morgan fingerprint density at radius 1 is 1.79 bits per heavy atom. The molecular weight excluding hydrogens is 266 g/mol. The zero-order valence-electron chi connectivity index (χ0n) is 7.83. The lowest BCUT2D eigenvalue weighted by molar-refractivity contribution is 0.0908. The number of hydrogen-bond acceptors (Lipinski definition) is 3. The van der Waals surface area contributed by atoms with Crippen LogP contribution >= 0.6 is 27.3 Å². The predicted molar refractivity (Wildman–Crippen MR) is 61.2 cm³/mol. The van der Waals surface area contributed by atoms with E-state index in [9.17, 15) is 4.79 Å². The number of carbonyl (C=O) groups excluding carboxylic acids is 1. The standard InChI is InChI=1S/C9H12BrNO2S/c1-13-5-8(4-10)11-9(12)7-2-3-14-6-7/h2-3,6,8H,4-5H2,1H3,(H,11,12). The van der Waals surface area contributed by atoms with Crippen LogP contribution in [0.5, 0.6) is 0 Å². The first kappa shape index (κ1) is 11.7. The van der Waals surface area contributed by atoms with Crippen molar-refractivity contribution in [3.8, 4) is 0 Å². The summed E-state index contributed by atoms with van der Waals surface area (Å²) in [5, 5.41) is 7.27. The van der Waals surface area contributed by atoms with Gasteiger partial charge in [-0.3, -0.25) is 4.79 Å².